The maximum atomic E-state index is 11.5. The highest BCUT2D eigenvalue weighted by atomic mass is 32.3. The fourth-order valence-corrected chi connectivity index (χ4v) is 2.67. The third-order valence-electron chi connectivity index (χ3n) is 4.22. The average Bonchev–Trinajstić information content (AvgIpc) is 2.61. The summed E-state index contributed by atoms with van der Waals surface area (Å²) in [4.78, 5) is 11.5. The van der Waals surface area contributed by atoms with Crippen molar-refractivity contribution < 1.29 is 27.1 Å². The topological polar surface area (TPSA) is 101 Å². The highest BCUT2D eigenvalue weighted by Crippen LogP contribution is 2.10. The summed E-state index contributed by atoms with van der Waals surface area (Å²) in [5.41, 5.74) is 0. The fourth-order valence-electron chi connectivity index (χ4n) is 2.67. The first-order valence-electron chi connectivity index (χ1n) is 11.2. The summed E-state index contributed by atoms with van der Waals surface area (Å²) in [7, 11) is -4.67. The van der Waals surface area contributed by atoms with Crippen LogP contribution in [0.1, 0.15) is 111 Å². The van der Waals surface area contributed by atoms with Crippen LogP contribution in [0.4, 0.5) is 0 Å². The number of carbonyl (C=O) groups excluding carboxylic acids is 1. The van der Waals surface area contributed by atoms with E-state index in [1.54, 1.807) is 0 Å². The molecule has 0 aromatic heterocycles. The number of carbonyl (C=O) groups is 1. The minimum Gasteiger partial charge on any atom is -0.465 e. The van der Waals surface area contributed by atoms with Crippen LogP contribution in [-0.2, 0) is 19.9 Å². The Kier molecular flexibility index (Phi) is 22.7. The Morgan fingerprint density at radius 1 is 0.828 bits per heavy atom. The summed E-state index contributed by atoms with van der Waals surface area (Å²) in [6, 6.07) is 0. The lowest BCUT2D eigenvalue weighted by atomic mass is 10.1. The molecule has 29 heavy (non-hydrogen) atoms. The largest absolute Gasteiger partial charge is 0.465 e. The molecule has 0 aromatic rings. The lowest BCUT2D eigenvalue weighted by Crippen LogP contribution is -2.09. The van der Waals surface area contributed by atoms with E-state index in [-0.39, 0.29) is 5.97 Å². The van der Waals surface area contributed by atoms with Gasteiger partial charge in [-0.25, -0.2) is 0 Å². The van der Waals surface area contributed by atoms with Gasteiger partial charge in [-0.2, -0.15) is 8.42 Å². The number of rotatable bonds is 17. The van der Waals surface area contributed by atoms with Gasteiger partial charge in [-0.15, -0.1) is 0 Å². The molecule has 0 aliphatic heterocycles. The van der Waals surface area contributed by atoms with Crippen molar-refractivity contribution in [1.29, 1.82) is 0 Å². The van der Waals surface area contributed by atoms with Gasteiger partial charge < -0.3 is 4.74 Å². The highest BCUT2D eigenvalue weighted by Gasteiger charge is 2.03. The number of esters is 1. The van der Waals surface area contributed by atoms with Crippen LogP contribution in [0.15, 0.2) is 12.2 Å². The van der Waals surface area contributed by atoms with E-state index >= 15 is 0 Å². The van der Waals surface area contributed by atoms with Gasteiger partial charge >= 0.3 is 16.4 Å². The van der Waals surface area contributed by atoms with Crippen molar-refractivity contribution in [3.8, 4) is 0 Å². The van der Waals surface area contributed by atoms with E-state index < -0.39 is 10.4 Å². The SMILES string of the molecule is CCCCCCCC/C=C/CCCCCCCC(=O)OCC(C)C.O=S(=O)(O)O. The molecular formula is C22H44O6S. The Morgan fingerprint density at radius 3 is 1.69 bits per heavy atom. The van der Waals surface area contributed by atoms with Crippen LogP contribution in [0.5, 0.6) is 0 Å². The van der Waals surface area contributed by atoms with Gasteiger partial charge in [-0.05, 0) is 38.0 Å². The molecule has 0 aliphatic carbocycles. The lowest BCUT2D eigenvalue weighted by Gasteiger charge is -2.06. The second kappa shape index (κ2) is 21.8. The predicted octanol–water partition coefficient (Wildman–Crippen LogP) is 6.57. The number of unbranched alkanes of at least 4 members (excludes halogenated alkanes) is 11. The molecule has 2 N–H and O–H groups in total. The summed E-state index contributed by atoms with van der Waals surface area (Å²) in [5, 5.41) is 0. The molecule has 0 saturated heterocycles. The Bertz CT molecular complexity index is 478. The molecule has 6 nitrogen and oxygen atoms in total. The van der Waals surface area contributed by atoms with Crippen LogP contribution < -0.4 is 0 Å². The molecule has 0 fully saturated rings. The van der Waals surface area contributed by atoms with E-state index in [9.17, 15) is 4.79 Å². The molecule has 0 unspecified atom stereocenters. The van der Waals surface area contributed by atoms with Crippen LogP contribution in [-0.4, -0.2) is 30.1 Å². The van der Waals surface area contributed by atoms with E-state index in [2.05, 4.69) is 32.9 Å². The quantitative estimate of drug-likeness (QED) is 0.116. The maximum Gasteiger partial charge on any atom is 0.394 e. The van der Waals surface area contributed by atoms with Gasteiger partial charge in [-0.1, -0.05) is 84.3 Å². The van der Waals surface area contributed by atoms with E-state index in [4.69, 9.17) is 22.3 Å². The molecule has 174 valence electrons. The summed E-state index contributed by atoms with van der Waals surface area (Å²) in [5.74, 6) is 0.407. The van der Waals surface area contributed by atoms with Crippen LogP contribution in [0.2, 0.25) is 0 Å². The molecule has 0 spiro atoms. The fraction of sp³-hybridized carbons (Fsp3) is 0.864. The van der Waals surface area contributed by atoms with E-state index in [1.165, 1.54) is 70.6 Å². The Labute approximate surface area is 179 Å². The highest BCUT2D eigenvalue weighted by molar-refractivity contribution is 7.79. The third-order valence-corrected chi connectivity index (χ3v) is 4.22. The van der Waals surface area contributed by atoms with E-state index in [1.807, 2.05) is 0 Å². The van der Waals surface area contributed by atoms with E-state index in [0.29, 0.717) is 18.9 Å². The Hall–Kier alpha value is -0.920. The smallest absolute Gasteiger partial charge is 0.394 e. The molecule has 0 saturated carbocycles. The number of ether oxygens (including phenoxy) is 1. The molecule has 0 heterocycles. The Balaban J connectivity index is 0. The van der Waals surface area contributed by atoms with E-state index in [0.717, 1.165) is 12.8 Å². The zero-order chi connectivity index (χ0) is 22.4. The normalized spacial score (nSPS) is 11.5. The first kappa shape index (κ1) is 30.3. The summed E-state index contributed by atoms with van der Waals surface area (Å²) < 4.78 is 36.8. The summed E-state index contributed by atoms with van der Waals surface area (Å²) in [6.45, 7) is 6.96. The van der Waals surface area contributed by atoms with Crippen molar-refractivity contribution in [2.75, 3.05) is 6.61 Å². The zero-order valence-corrected chi connectivity index (χ0v) is 19.6. The maximum absolute atomic E-state index is 11.5. The van der Waals surface area contributed by atoms with Gasteiger partial charge in [0.1, 0.15) is 0 Å². The molecule has 0 aromatic carbocycles. The molecule has 0 rings (SSSR count). The standard InChI is InChI=1S/C22H42O2.H2O4S/c1-4-5-6-7-8-9-10-11-12-13-14-15-16-17-18-19-22(23)24-20-21(2)3;1-5(2,3)4/h11-12,21H,4-10,13-20H2,1-3H3;(H2,1,2,3,4)/b12-11+;. The van der Waals surface area contributed by atoms with Crippen LogP contribution in [0.3, 0.4) is 0 Å². The number of hydrogen-bond acceptors (Lipinski definition) is 4. The minimum absolute atomic E-state index is 0.0265. The van der Waals surface area contributed by atoms with Crippen molar-refractivity contribution in [1.82, 2.24) is 0 Å². The zero-order valence-electron chi connectivity index (χ0n) is 18.8. The van der Waals surface area contributed by atoms with Crippen molar-refractivity contribution in [3.63, 3.8) is 0 Å². The van der Waals surface area contributed by atoms with Crippen molar-refractivity contribution >= 4 is 16.4 Å². The molecular weight excluding hydrogens is 392 g/mol. The first-order valence-corrected chi connectivity index (χ1v) is 12.6. The molecule has 7 heteroatoms. The van der Waals surface area contributed by atoms with Crippen molar-refractivity contribution in [2.24, 2.45) is 5.92 Å². The summed E-state index contributed by atoms with van der Waals surface area (Å²) in [6.07, 6.45) is 22.0. The van der Waals surface area contributed by atoms with Gasteiger partial charge in [-0.3, -0.25) is 13.9 Å². The van der Waals surface area contributed by atoms with Crippen LogP contribution in [0, 0.1) is 5.92 Å². The van der Waals surface area contributed by atoms with Crippen LogP contribution >= 0.6 is 0 Å². The molecule has 0 radical (unpaired) electrons. The van der Waals surface area contributed by atoms with Gasteiger partial charge in [0.25, 0.3) is 0 Å². The van der Waals surface area contributed by atoms with Gasteiger partial charge in [0.15, 0.2) is 0 Å². The average molecular weight is 437 g/mol. The monoisotopic (exact) mass is 436 g/mol. The predicted molar refractivity (Wildman–Crippen MR) is 119 cm³/mol. The molecule has 0 amide bonds. The van der Waals surface area contributed by atoms with Gasteiger partial charge in [0, 0.05) is 6.42 Å². The lowest BCUT2D eigenvalue weighted by molar-refractivity contribution is -0.144. The van der Waals surface area contributed by atoms with Gasteiger partial charge in [0.05, 0.1) is 6.61 Å². The van der Waals surface area contributed by atoms with Crippen LogP contribution in [0.25, 0.3) is 0 Å². The first-order chi connectivity index (χ1) is 13.7. The molecule has 0 atom stereocenters. The molecule has 0 bridgehead atoms. The Morgan fingerprint density at radius 2 is 1.24 bits per heavy atom. The van der Waals surface area contributed by atoms with Gasteiger partial charge in [0.2, 0.25) is 0 Å². The number of hydrogen-bond donors (Lipinski definition) is 2. The van der Waals surface area contributed by atoms with Crippen molar-refractivity contribution in [2.45, 2.75) is 111 Å². The second-order valence-electron chi connectivity index (χ2n) is 7.86. The summed E-state index contributed by atoms with van der Waals surface area (Å²) >= 11 is 0. The second-order valence-corrected chi connectivity index (χ2v) is 8.75. The molecule has 0 aliphatic rings. The van der Waals surface area contributed by atoms with Crippen molar-refractivity contribution in [3.05, 3.63) is 12.2 Å². The minimum atomic E-state index is -4.67. The number of allylic oxidation sites excluding steroid dienone is 2. The third kappa shape index (κ3) is 38.3.